The highest BCUT2D eigenvalue weighted by Crippen LogP contribution is 2.29. The van der Waals surface area contributed by atoms with Crippen molar-refractivity contribution in [2.75, 3.05) is 12.3 Å². The van der Waals surface area contributed by atoms with Crippen LogP contribution in [0.1, 0.15) is 6.42 Å². The first-order valence-corrected chi connectivity index (χ1v) is 8.01. The van der Waals surface area contributed by atoms with Gasteiger partial charge in [-0.1, -0.05) is 0 Å². The lowest BCUT2D eigenvalue weighted by atomic mass is 10.2. The first-order chi connectivity index (χ1) is 9.23. The Labute approximate surface area is 124 Å². The summed E-state index contributed by atoms with van der Waals surface area (Å²) in [6.07, 6.45) is -0.907. The molecular formula is C11H14BrN3O4S. The van der Waals surface area contributed by atoms with Crippen LogP contribution in [0.25, 0.3) is 0 Å². The number of halogens is 1. The molecule has 0 bridgehead atoms. The van der Waals surface area contributed by atoms with Crippen LogP contribution in [0.4, 0.5) is 5.69 Å². The number of amides is 1. The van der Waals surface area contributed by atoms with Crippen LogP contribution in [-0.2, 0) is 14.8 Å². The summed E-state index contributed by atoms with van der Waals surface area (Å²) < 4.78 is 26.5. The molecule has 2 atom stereocenters. The normalized spacial score (nSPS) is 23.9. The van der Waals surface area contributed by atoms with Gasteiger partial charge in [0, 0.05) is 23.1 Å². The van der Waals surface area contributed by atoms with Gasteiger partial charge < -0.3 is 16.6 Å². The van der Waals surface area contributed by atoms with Gasteiger partial charge in [-0.25, -0.2) is 8.42 Å². The summed E-state index contributed by atoms with van der Waals surface area (Å²) in [6.45, 7) is -0.161. The maximum Gasteiger partial charge on any atom is 0.243 e. The second kappa shape index (κ2) is 5.32. The van der Waals surface area contributed by atoms with E-state index in [4.69, 9.17) is 11.5 Å². The van der Waals surface area contributed by atoms with Gasteiger partial charge in [0.05, 0.1) is 11.0 Å². The van der Waals surface area contributed by atoms with Crippen molar-refractivity contribution < 1.29 is 18.3 Å². The smallest absolute Gasteiger partial charge is 0.243 e. The minimum Gasteiger partial charge on any atom is -0.398 e. The molecule has 9 heteroatoms. The Morgan fingerprint density at radius 1 is 1.45 bits per heavy atom. The standard InChI is InChI=1S/C11H14BrN3O4S/c12-8-2-1-7(4-9(8)13)20(18,19)15-5-6(16)3-10(15)11(14)17/h1-2,4,6,10,16H,3,5,13H2,(H2,14,17). The molecule has 1 saturated heterocycles. The van der Waals surface area contributed by atoms with Crippen molar-refractivity contribution in [3.63, 3.8) is 0 Å². The summed E-state index contributed by atoms with van der Waals surface area (Å²) >= 11 is 3.18. The van der Waals surface area contributed by atoms with Gasteiger partial charge in [0.2, 0.25) is 15.9 Å². The number of hydrogen-bond acceptors (Lipinski definition) is 5. The fourth-order valence-corrected chi connectivity index (χ4v) is 4.05. The number of β-amino-alcohol motifs (C(OH)–C–C–N with tert-alkyl or cyclic N) is 1. The van der Waals surface area contributed by atoms with E-state index in [1.165, 1.54) is 18.2 Å². The van der Waals surface area contributed by atoms with Crippen LogP contribution in [0.15, 0.2) is 27.6 Å². The number of anilines is 1. The van der Waals surface area contributed by atoms with Crippen LogP contribution in [-0.4, -0.2) is 42.4 Å². The molecule has 0 aliphatic carbocycles. The number of aliphatic hydroxyl groups is 1. The van der Waals surface area contributed by atoms with Crippen molar-refractivity contribution in [3.8, 4) is 0 Å². The van der Waals surface area contributed by atoms with E-state index in [-0.39, 0.29) is 23.5 Å². The van der Waals surface area contributed by atoms with E-state index in [2.05, 4.69) is 15.9 Å². The predicted octanol–water partition coefficient (Wildman–Crippen LogP) is -0.359. The lowest BCUT2D eigenvalue weighted by Gasteiger charge is -2.21. The zero-order chi connectivity index (χ0) is 15.1. The molecule has 5 N–H and O–H groups in total. The number of rotatable bonds is 3. The topological polar surface area (TPSA) is 127 Å². The van der Waals surface area contributed by atoms with Crippen LogP contribution in [0.3, 0.4) is 0 Å². The second-order valence-corrected chi connectivity index (χ2v) is 7.31. The van der Waals surface area contributed by atoms with E-state index in [9.17, 15) is 18.3 Å². The van der Waals surface area contributed by atoms with Crippen LogP contribution < -0.4 is 11.5 Å². The number of carbonyl (C=O) groups is 1. The second-order valence-electron chi connectivity index (χ2n) is 4.57. The third kappa shape index (κ3) is 2.66. The lowest BCUT2D eigenvalue weighted by Crippen LogP contribution is -2.43. The first kappa shape index (κ1) is 15.2. The third-order valence-electron chi connectivity index (χ3n) is 3.14. The zero-order valence-electron chi connectivity index (χ0n) is 10.4. The Kier molecular flexibility index (Phi) is 4.05. The van der Waals surface area contributed by atoms with E-state index in [0.29, 0.717) is 4.47 Å². The van der Waals surface area contributed by atoms with Gasteiger partial charge in [-0.05, 0) is 34.1 Å². The quantitative estimate of drug-likeness (QED) is 0.632. The molecule has 110 valence electrons. The Morgan fingerprint density at radius 3 is 2.65 bits per heavy atom. The molecule has 0 spiro atoms. The number of carbonyl (C=O) groups excluding carboxylic acids is 1. The summed E-state index contributed by atoms with van der Waals surface area (Å²) in [4.78, 5) is 11.3. The largest absolute Gasteiger partial charge is 0.398 e. The van der Waals surface area contributed by atoms with E-state index < -0.39 is 28.1 Å². The van der Waals surface area contributed by atoms with Crippen LogP contribution in [0.2, 0.25) is 0 Å². The Morgan fingerprint density at radius 2 is 2.10 bits per heavy atom. The average molecular weight is 364 g/mol. The summed E-state index contributed by atoms with van der Waals surface area (Å²) in [5.41, 5.74) is 11.1. The molecule has 1 amide bonds. The van der Waals surface area contributed by atoms with E-state index in [0.717, 1.165) is 4.31 Å². The molecule has 1 aromatic carbocycles. The van der Waals surface area contributed by atoms with E-state index in [1.54, 1.807) is 0 Å². The van der Waals surface area contributed by atoms with Crippen molar-refractivity contribution in [2.24, 2.45) is 5.73 Å². The molecule has 20 heavy (non-hydrogen) atoms. The summed E-state index contributed by atoms with van der Waals surface area (Å²) in [6, 6.07) is 3.13. The molecule has 2 rings (SSSR count). The highest BCUT2D eigenvalue weighted by molar-refractivity contribution is 9.10. The minimum absolute atomic E-state index is 0.000569. The van der Waals surface area contributed by atoms with Gasteiger partial charge in [0.15, 0.2) is 0 Å². The van der Waals surface area contributed by atoms with E-state index >= 15 is 0 Å². The Hall–Kier alpha value is -1.16. The molecule has 1 aromatic rings. The third-order valence-corrected chi connectivity index (χ3v) is 5.73. The van der Waals surface area contributed by atoms with Crippen molar-refractivity contribution >= 4 is 37.5 Å². The van der Waals surface area contributed by atoms with Crippen molar-refractivity contribution in [3.05, 3.63) is 22.7 Å². The minimum atomic E-state index is -3.93. The maximum absolute atomic E-state index is 12.5. The number of nitrogen functional groups attached to an aromatic ring is 1. The maximum atomic E-state index is 12.5. The molecule has 0 radical (unpaired) electrons. The fraction of sp³-hybridized carbons (Fsp3) is 0.364. The molecule has 7 nitrogen and oxygen atoms in total. The van der Waals surface area contributed by atoms with Crippen molar-refractivity contribution in [1.29, 1.82) is 0 Å². The number of hydrogen-bond donors (Lipinski definition) is 3. The summed E-state index contributed by atoms with van der Waals surface area (Å²) in [5, 5.41) is 9.58. The molecular weight excluding hydrogens is 350 g/mol. The fourth-order valence-electron chi connectivity index (χ4n) is 2.13. The highest BCUT2D eigenvalue weighted by atomic mass is 79.9. The predicted molar refractivity (Wildman–Crippen MR) is 76.1 cm³/mol. The highest BCUT2D eigenvalue weighted by Gasteiger charge is 2.42. The molecule has 1 heterocycles. The number of nitrogens with zero attached hydrogens (tertiary/aromatic N) is 1. The number of sulfonamides is 1. The molecule has 0 saturated carbocycles. The number of aliphatic hydroxyl groups excluding tert-OH is 1. The molecule has 1 aliphatic heterocycles. The SMILES string of the molecule is NC(=O)C1CC(O)CN1S(=O)(=O)c1ccc(Br)c(N)c1. The number of primary amides is 1. The van der Waals surface area contributed by atoms with Crippen molar-refractivity contribution in [1.82, 2.24) is 4.31 Å². The molecule has 2 unspecified atom stereocenters. The molecule has 0 aromatic heterocycles. The van der Waals surface area contributed by atoms with Gasteiger partial charge in [-0.15, -0.1) is 0 Å². The monoisotopic (exact) mass is 363 g/mol. The number of benzene rings is 1. The van der Waals surface area contributed by atoms with Gasteiger partial charge in [-0.3, -0.25) is 4.79 Å². The molecule has 1 fully saturated rings. The molecule has 1 aliphatic rings. The summed E-state index contributed by atoms with van der Waals surface area (Å²) in [7, 11) is -3.93. The van der Waals surface area contributed by atoms with Crippen LogP contribution in [0.5, 0.6) is 0 Å². The first-order valence-electron chi connectivity index (χ1n) is 5.77. The lowest BCUT2D eigenvalue weighted by molar-refractivity contribution is -0.121. The van der Waals surface area contributed by atoms with Gasteiger partial charge >= 0.3 is 0 Å². The van der Waals surface area contributed by atoms with Gasteiger partial charge in [0.1, 0.15) is 6.04 Å². The van der Waals surface area contributed by atoms with E-state index in [1.807, 2.05) is 0 Å². The number of nitrogens with two attached hydrogens (primary N) is 2. The summed E-state index contributed by atoms with van der Waals surface area (Å²) in [5.74, 6) is -0.782. The van der Waals surface area contributed by atoms with Gasteiger partial charge in [0.25, 0.3) is 0 Å². The average Bonchev–Trinajstić information content (AvgIpc) is 2.75. The van der Waals surface area contributed by atoms with Crippen LogP contribution >= 0.6 is 15.9 Å². The Bertz CT molecular complexity index is 649. The zero-order valence-corrected chi connectivity index (χ0v) is 12.8. The van der Waals surface area contributed by atoms with Gasteiger partial charge in [-0.2, -0.15) is 4.31 Å². The van der Waals surface area contributed by atoms with Crippen LogP contribution in [0, 0.1) is 0 Å². The van der Waals surface area contributed by atoms with Crippen molar-refractivity contribution in [2.45, 2.75) is 23.5 Å². The Balaban J connectivity index is 2.43.